The minimum Gasteiger partial charge on any atom is -0.390 e. The van der Waals surface area contributed by atoms with Gasteiger partial charge in [0.05, 0.1) is 6.10 Å². The van der Waals surface area contributed by atoms with Gasteiger partial charge in [0, 0.05) is 25.4 Å². The molecule has 1 saturated heterocycles. The van der Waals surface area contributed by atoms with Crippen LogP contribution in [0.1, 0.15) is 12.8 Å². The van der Waals surface area contributed by atoms with Crippen LogP contribution in [0.5, 0.6) is 0 Å². The third-order valence-corrected chi connectivity index (χ3v) is 2.13. The average Bonchev–Trinajstić information content (AvgIpc) is 2.09. The number of halogens is 1. The van der Waals surface area contributed by atoms with E-state index in [2.05, 4.69) is 5.32 Å². The summed E-state index contributed by atoms with van der Waals surface area (Å²) >= 11 is 0. The van der Waals surface area contributed by atoms with E-state index in [0.717, 1.165) is 0 Å². The standard InChI is InChI=1S/C8H14FNO2/c9-4-7(11)3-6-5-10-2-1-8(6)12/h6-7,10-11H,1-5H2. The first-order valence-corrected chi connectivity index (χ1v) is 4.21. The van der Waals surface area contributed by atoms with Gasteiger partial charge < -0.3 is 10.4 Å². The van der Waals surface area contributed by atoms with Crippen molar-refractivity contribution in [3.8, 4) is 0 Å². The van der Waals surface area contributed by atoms with Crippen LogP contribution in [0.4, 0.5) is 4.39 Å². The monoisotopic (exact) mass is 175 g/mol. The number of piperidine rings is 1. The highest BCUT2D eigenvalue weighted by molar-refractivity contribution is 5.82. The number of aliphatic hydroxyl groups is 1. The fraction of sp³-hybridized carbons (Fsp3) is 0.875. The van der Waals surface area contributed by atoms with Crippen LogP contribution in [-0.4, -0.2) is 36.8 Å². The lowest BCUT2D eigenvalue weighted by Crippen LogP contribution is -2.38. The molecule has 0 aromatic carbocycles. The number of rotatable bonds is 3. The Morgan fingerprint density at radius 2 is 2.50 bits per heavy atom. The predicted octanol–water partition coefficient (Wildman–Crippen LogP) is -0.115. The van der Waals surface area contributed by atoms with Gasteiger partial charge in [-0.2, -0.15) is 0 Å². The van der Waals surface area contributed by atoms with Gasteiger partial charge in [-0.1, -0.05) is 0 Å². The Kier molecular flexibility index (Phi) is 3.62. The molecular formula is C8H14FNO2. The molecule has 12 heavy (non-hydrogen) atoms. The van der Waals surface area contributed by atoms with Crippen LogP contribution >= 0.6 is 0 Å². The topological polar surface area (TPSA) is 49.3 Å². The Labute approximate surface area is 71.0 Å². The summed E-state index contributed by atoms with van der Waals surface area (Å²) in [4.78, 5) is 11.2. The van der Waals surface area contributed by atoms with Crippen molar-refractivity contribution in [1.82, 2.24) is 5.32 Å². The molecule has 0 amide bonds. The Hall–Kier alpha value is -0.480. The molecule has 0 saturated carbocycles. The molecular weight excluding hydrogens is 161 g/mol. The quantitative estimate of drug-likeness (QED) is 0.629. The smallest absolute Gasteiger partial charge is 0.138 e. The molecule has 1 fully saturated rings. The van der Waals surface area contributed by atoms with Gasteiger partial charge in [0.25, 0.3) is 0 Å². The van der Waals surface area contributed by atoms with Crippen molar-refractivity contribution < 1.29 is 14.3 Å². The van der Waals surface area contributed by atoms with Gasteiger partial charge in [0.2, 0.25) is 0 Å². The van der Waals surface area contributed by atoms with E-state index in [1.165, 1.54) is 0 Å². The number of aliphatic hydroxyl groups excluding tert-OH is 1. The zero-order chi connectivity index (χ0) is 8.97. The molecule has 0 aromatic heterocycles. The predicted molar refractivity (Wildman–Crippen MR) is 42.6 cm³/mol. The van der Waals surface area contributed by atoms with Gasteiger partial charge in [0.1, 0.15) is 12.5 Å². The highest BCUT2D eigenvalue weighted by Gasteiger charge is 2.24. The number of hydrogen-bond acceptors (Lipinski definition) is 3. The van der Waals surface area contributed by atoms with Crippen LogP contribution in [0, 0.1) is 5.92 Å². The van der Waals surface area contributed by atoms with E-state index in [9.17, 15) is 9.18 Å². The molecule has 1 heterocycles. The van der Waals surface area contributed by atoms with E-state index in [-0.39, 0.29) is 18.1 Å². The van der Waals surface area contributed by atoms with Crippen molar-refractivity contribution >= 4 is 5.78 Å². The van der Waals surface area contributed by atoms with Crippen molar-refractivity contribution in [2.75, 3.05) is 19.8 Å². The minimum atomic E-state index is -0.973. The number of nitrogens with one attached hydrogen (secondary N) is 1. The largest absolute Gasteiger partial charge is 0.390 e. The molecule has 0 aromatic rings. The SMILES string of the molecule is O=C1CCNCC1CC(O)CF. The van der Waals surface area contributed by atoms with E-state index in [1.54, 1.807) is 0 Å². The molecule has 1 rings (SSSR count). The molecule has 0 bridgehead atoms. The maximum Gasteiger partial charge on any atom is 0.138 e. The summed E-state index contributed by atoms with van der Waals surface area (Å²) in [5.74, 6) is -0.0502. The third kappa shape index (κ3) is 2.53. The first-order chi connectivity index (χ1) is 5.74. The highest BCUT2D eigenvalue weighted by Crippen LogP contribution is 2.12. The molecule has 2 atom stereocenters. The van der Waals surface area contributed by atoms with Crippen molar-refractivity contribution in [2.24, 2.45) is 5.92 Å². The van der Waals surface area contributed by atoms with E-state index >= 15 is 0 Å². The lowest BCUT2D eigenvalue weighted by atomic mass is 9.92. The zero-order valence-electron chi connectivity index (χ0n) is 6.92. The number of alkyl halides is 1. The van der Waals surface area contributed by atoms with Crippen molar-refractivity contribution in [2.45, 2.75) is 18.9 Å². The summed E-state index contributed by atoms with van der Waals surface area (Å²) in [5.41, 5.74) is 0. The summed E-state index contributed by atoms with van der Waals surface area (Å²) in [6.07, 6.45) is -0.217. The Balaban J connectivity index is 2.34. The third-order valence-electron chi connectivity index (χ3n) is 2.13. The van der Waals surface area contributed by atoms with Gasteiger partial charge in [-0.05, 0) is 6.42 Å². The highest BCUT2D eigenvalue weighted by atomic mass is 19.1. The van der Waals surface area contributed by atoms with Crippen molar-refractivity contribution in [3.63, 3.8) is 0 Å². The van der Waals surface area contributed by atoms with Crippen LogP contribution in [0.2, 0.25) is 0 Å². The Bertz CT molecular complexity index is 163. The average molecular weight is 175 g/mol. The Morgan fingerprint density at radius 3 is 3.08 bits per heavy atom. The molecule has 1 aliphatic rings. The molecule has 0 radical (unpaired) electrons. The summed E-state index contributed by atoms with van der Waals surface area (Å²) in [6, 6.07) is 0. The fourth-order valence-corrected chi connectivity index (χ4v) is 1.41. The van der Waals surface area contributed by atoms with Crippen molar-refractivity contribution in [1.29, 1.82) is 0 Å². The van der Waals surface area contributed by atoms with Gasteiger partial charge in [-0.3, -0.25) is 4.79 Å². The second kappa shape index (κ2) is 4.52. The maximum atomic E-state index is 11.9. The van der Waals surface area contributed by atoms with Crippen LogP contribution in [0.25, 0.3) is 0 Å². The molecule has 0 aliphatic carbocycles. The lowest BCUT2D eigenvalue weighted by molar-refractivity contribution is -0.125. The number of hydrogen-bond donors (Lipinski definition) is 2. The summed E-state index contributed by atoms with van der Waals surface area (Å²) in [7, 11) is 0. The number of Topliss-reactive ketones (excluding diaryl/α,β-unsaturated/α-hetero) is 1. The summed E-state index contributed by atoms with van der Waals surface area (Å²) < 4.78 is 11.9. The van der Waals surface area contributed by atoms with Crippen LogP contribution < -0.4 is 5.32 Å². The van der Waals surface area contributed by atoms with Gasteiger partial charge in [-0.25, -0.2) is 4.39 Å². The van der Waals surface area contributed by atoms with Crippen LogP contribution in [0.15, 0.2) is 0 Å². The second-order valence-corrected chi connectivity index (χ2v) is 3.16. The summed E-state index contributed by atoms with van der Waals surface area (Å²) in [6.45, 7) is 0.528. The second-order valence-electron chi connectivity index (χ2n) is 3.16. The first-order valence-electron chi connectivity index (χ1n) is 4.21. The molecule has 1 aliphatic heterocycles. The van der Waals surface area contributed by atoms with Crippen LogP contribution in [0.3, 0.4) is 0 Å². The van der Waals surface area contributed by atoms with E-state index in [0.29, 0.717) is 19.5 Å². The van der Waals surface area contributed by atoms with Gasteiger partial charge in [-0.15, -0.1) is 0 Å². The number of ketones is 1. The minimum absolute atomic E-state index is 0.140. The van der Waals surface area contributed by atoms with Gasteiger partial charge >= 0.3 is 0 Å². The van der Waals surface area contributed by atoms with Crippen molar-refractivity contribution in [3.05, 3.63) is 0 Å². The van der Waals surface area contributed by atoms with Crippen LogP contribution in [-0.2, 0) is 4.79 Å². The number of carbonyl (C=O) groups is 1. The number of carbonyl (C=O) groups excluding carboxylic acids is 1. The van der Waals surface area contributed by atoms with E-state index < -0.39 is 12.8 Å². The fourth-order valence-electron chi connectivity index (χ4n) is 1.41. The molecule has 0 spiro atoms. The normalized spacial score (nSPS) is 27.2. The summed E-state index contributed by atoms with van der Waals surface area (Å²) in [5, 5.41) is 12.0. The first kappa shape index (κ1) is 9.61. The maximum absolute atomic E-state index is 11.9. The molecule has 2 N–H and O–H groups in total. The zero-order valence-corrected chi connectivity index (χ0v) is 6.92. The Morgan fingerprint density at radius 1 is 1.75 bits per heavy atom. The van der Waals surface area contributed by atoms with Gasteiger partial charge in [0.15, 0.2) is 0 Å². The molecule has 2 unspecified atom stereocenters. The van der Waals surface area contributed by atoms with E-state index in [1.807, 2.05) is 0 Å². The lowest BCUT2D eigenvalue weighted by Gasteiger charge is -2.22. The molecule has 70 valence electrons. The van der Waals surface area contributed by atoms with E-state index in [4.69, 9.17) is 5.11 Å². The molecule has 3 nitrogen and oxygen atoms in total. The molecule has 4 heteroatoms.